The second-order valence-electron chi connectivity index (χ2n) is 4.25. The molecule has 0 aromatic heterocycles. The number of rotatable bonds is 2. The number of nitrogens with two attached hydrogens (primary N) is 1. The Morgan fingerprint density at radius 2 is 2.40 bits per heavy atom. The van der Waals surface area contributed by atoms with Crippen LogP contribution in [0.5, 0.6) is 0 Å². The van der Waals surface area contributed by atoms with Gasteiger partial charge in [-0.25, -0.2) is 0 Å². The van der Waals surface area contributed by atoms with Gasteiger partial charge in [-0.3, -0.25) is 4.79 Å². The van der Waals surface area contributed by atoms with Crippen LogP contribution < -0.4 is 11.1 Å². The van der Waals surface area contributed by atoms with Crippen LogP contribution in [0.3, 0.4) is 0 Å². The van der Waals surface area contributed by atoms with Gasteiger partial charge in [-0.2, -0.15) is 0 Å². The van der Waals surface area contributed by atoms with Crippen molar-refractivity contribution < 1.29 is 9.90 Å². The fourth-order valence-corrected chi connectivity index (χ4v) is 2.25. The number of nitrogen functional groups attached to an aromatic ring is 1. The van der Waals surface area contributed by atoms with E-state index in [2.05, 4.69) is 5.32 Å². The smallest absolute Gasteiger partial charge is 0.304 e. The van der Waals surface area contributed by atoms with Crippen LogP contribution in [0.2, 0.25) is 0 Å². The molecule has 1 aliphatic rings. The number of hydrogen-bond donors (Lipinski definition) is 3. The predicted octanol–water partition coefficient (Wildman–Crippen LogP) is 1.43. The van der Waals surface area contributed by atoms with Gasteiger partial charge < -0.3 is 16.2 Å². The Morgan fingerprint density at radius 3 is 3.07 bits per heavy atom. The van der Waals surface area contributed by atoms with E-state index in [-0.39, 0.29) is 6.42 Å². The monoisotopic (exact) mass is 206 g/mol. The van der Waals surface area contributed by atoms with Crippen LogP contribution in [0.25, 0.3) is 0 Å². The Morgan fingerprint density at radius 1 is 1.67 bits per heavy atom. The number of carbonyl (C=O) groups is 1. The Labute approximate surface area is 88.1 Å². The first-order valence-corrected chi connectivity index (χ1v) is 4.87. The highest BCUT2D eigenvalue weighted by Gasteiger charge is 2.37. The summed E-state index contributed by atoms with van der Waals surface area (Å²) in [6.07, 6.45) is 0.0984. The number of anilines is 2. The fraction of sp³-hybridized carbons (Fsp3) is 0.364. The van der Waals surface area contributed by atoms with Crippen molar-refractivity contribution in [1.29, 1.82) is 0 Å². The summed E-state index contributed by atoms with van der Waals surface area (Å²) in [4.78, 5) is 10.8. The van der Waals surface area contributed by atoms with Crippen LogP contribution >= 0.6 is 0 Å². The molecular weight excluding hydrogens is 192 g/mol. The minimum Gasteiger partial charge on any atom is -0.481 e. The standard InChI is InChI=1S/C11H14N2O2/c1-11(5-9(14)15)6-13-8-4-2-3-7(12)10(8)11/h2-4,13H,5-6,12H2,1H3,(H,14,15). The molecule has 1 aromatic carbocycles. The lowest BCUT2D eigenvalue weighted by molar-refractivity contribution is -0.138. The normalized spacial score (nSPS) is 23.3. The second-order valence-corrected chi connectivity index (χ2v) is 4.25. The highest BCUT2D eigenvalue weighted by Crippen LogP contribution is 2.42. The predicted molar refractivity (Wildman–Crippen MR) is 58.9 cm³/mol. The lowest BCUT2D eigenvalue weighted by atomic mass is 9.80. The fourth-order valence-electron chi connectivity index (χ4n) is 2.25. The van der Waals surface area contributed by atoms with Crippen molar-refractivity contribution >= 4 is 17.3 Å². The van der Waals surface area contributed by atoms with Gasteiger partial charge in [0.15, 0.2) is 0 Å². The highest BCUT2D eigenvalue weighted by molar-refractivity contribution is 5.76. The second kappa shape index (κ2) is 3.15. The molecule has 1 aliphatic heterocycles. The number of aliphatic carboxylic acids is 1. The van der Waals surface area contributed by atoms with Gasteiger partial charge in [0.25, 0.3) is 0 Å². The van der Waals surface area contributed by atoms with E-state index in [0.29, 0.717) is 12.2 Å². The lowest BCUT2D eigenvalue weighted by Crippen LogP contribution is -2.28. The summed E-state index contributed by atoms with van der Waals surface area (Å²) in [6, 6.07) is 5.61. The molecule has 0 amide bonds. The van der Waals surface area contributed by atoms with Crippen molar-refractivity contribution in [2.75, 3.05) is 17.6 Å². The van der Waals surface area contributed by atoms with Gasteiger partial charge in [-0.15, -0.1) is 0 Å². The summed E-state index contributed by atoms with van der Waals surface area (Å²) in [5.41, 5.74) is 8.06. The topological polar surface area (TPSA) is 75.3 Å². The first-order chi connectivity index (χ1) is 7.03. The molecule has 1 atom stereocenters. The Kier molecular flexibility index (Phi) is 2.07. The third-order valence-electron chi connectivity index (χ3n) is 2.91. The summed E-state index contributed by atoms with van der Waals surface area (Å²) >= 11 is 0. The third kappa shape index (κ3) is 1.52. The van der Waals surface area contributed by atoms with E-state index in [9.17, 15) is 4.79 Å². The molecule has 0 fully saturated rings. The largest absolute Gasteiger partial charge is 0.481 e. The number of carboxylic acids is 1. The molecule has 15 heavy (non-hydrogen) atoms. The van der Waals surface area contributed by atoms with E-state index in [4.69, 9.17) is 10.8 Å². The summed E-state index contributed by atoms with van der Waals surface area (Å²) < 4.78 is 0. The Balaban J connectivity index is 2.46. The van der Waals surface area contributed by atoms with E-state index in [1.807, 2.05) is 25.1 Å². The lowest BCUT2D eigenvalue weighted by Gasteiger charge is -2.22. The maximum Gasteiger partial charge on any atom is 0.304 e. The molecule has 0 radical (unpaired) electrons. The van der Waals surface area contributed by atoms with Crippen LogP contribution in [0.4, 0.5) is 11.4 Å². The average Bonchev–Trinajstić information content (AvgIpc) is 2.44. The van der Waals surface area contributed by atoms with E-state index in [1.54, 1.807) is 0 Å². The third-order valence-corrected chi connectivity index (χ3v) is 2.91. The minimum atomic E-state index is -0.796. The molecule has 1 heterocycles. The van der Waals surface area contributed by atoms with Gasteiger partial charge in [0.1, 0.15) is 0 Å². The van der Waals surface area contributed by atoms with Gasteiger partial charge >= 0.3 is 5.97 Å². The number of carboxylic acid groups (broad SMARTS) is 1. The van der Waals surface area contributed by atoms with Gasteiger partial charge in [-0.05, 0) is 12.1 Å². The molecule has 1 aromatic rings. The van der Waals surface area contributed by atoms with Crippen LogP contribution in [0, 0.1) is 0 Å². The molecule has 0 saturated heterocycles. The molecule has 4 heteroatoms. The highest BCUT2D eigenvalue weighted by atomic mass is 16.4. The van der Waals surface area contributed by atoms with Gasteiger partial charge in [0.05, 0.1) is 6.42 Å². The molecule has 0 saturated carbocycles. The molecule has 4 nitrogen and oxygen atoms in total. The van der Waals surface area contributed by atoms with Gasteiger partial charge in [0.2, 0.25) is 0 Å². The SMILES string of the molecule is CC1(CC(=O)O)CNc2cccc(N)c21. The molecule has 0 bridgehead atoms. The molecule has 80 valence electrons. The van der Waals surface area contributed by atoms with E-state index in [1.165, 1.54) is 0 Å². The zero-order chi connectivity index (χ0) is 11.1. The van der Waals surface area contributed by atoms with Crippen molar-refractivity contribution in [3.05, 3.63) is 23.8 Å². The van der Waals surface area contributed by atoms with Gasteiger partial charge in [-0.1, -0.05) is 13.0 Å². The molecule has 1 unspecified atom stereocenters. The molecule has 0 spiro atoms. The summed E-state index contributed by atoms with van der Waals surface area (Å²) in [5, 5.41) is 12.1. The van der Waals surface area contributed by atoms with Crippen LogP contribution in [-0.4, -0.2) is 17.6 Å². The Hall–Kier alpha value is -1.71. The van der Waals surface area contributed by atoms with E-state index < -0.39 is 11.4 Å². The number of benzene rings is 1. The van der Waals surface area contributed by atoms with Crippen molar-refractivity contribution in [1.82, 2.24) is 0 Å². The zero-order valence-corrected chi connectivity index (χ0v) is 8.58. The first-order valence-electron chi connectivity index (χ1n) is 4.87. The van der Waals surface area contributed by atoms with Crippen molar-refractivity contribution in [3.8, 4) is 0 Å². The number of hydrogen-bond acceptors (Lipinski definition) is 3. The van der Waals surface area contributed by atoms with E-state index >= 15 is 0 Å². The first kappa shape index (κ1) is 9.83. The van der Waals surface area contributed by atoms with Crippen molar-refractivity contribution in [2.24, 2.45) is 0 Å². The van der Waals surface area contributed by atoms with Crippen LogP contribution in [0.1, 0.15) is 18.9 Å². The summed E-state index contributed by atoms with van der Waals surface area (Å²) in [7, 11) is 0. The van der Waals surface area contributed by atoms with E-state index in [0.717, 1.165) is 11.3 Å². The molecule has 2 rings (SSSR count). The van der Waals surface area contributed by atoms with Crippen molar-refractivity contribution in [2.45, 2.75) is 18.8 Å². The zero-order valence-electron chi connectivity index (χ0n) is 8.58. The number of fused-ring (bicyclic) bond motifs is 1. The van der Waals surface area contributed by atoms with Gasteiger partial charge in [0, 0.05) is 28.9 Å². The summed E-state index contributed by atoms with van der Waals surface area (Å²) in [6.45, 7) is 2.55. The average molecular weight is 206 g/mol. The van der Waals surface area contributed by atoms with Crippen LogP contribution in [0.15, 0.2) is 18.2 Å². The maximum absolute atomic E-state index is 10.8. The molecule has 0 aliphatic carbocycles. The molecular formula is C11H14N2O2. The minimum absolute atomic E-state index is 0.0984. The van der Waals surface area contributed by atoms with Crippen molar-refractivity contribution in [3.63, 3.8) is 0 Å². The maximum atomic E-state index is 10.8. The number of nitrogens with one attached hydrogen (secondary N) is 1. The quantitative estimate of drug-likeness (QED) is 0.640. The summed E-state index contributed by atoms with van der Waals surface area (Å²) in [5.74, 6) is -0.796. The molecule has 4 N–H and O–H groups in total. The van der Waals surface area contributed by atoms with Crippen LogP contribution in [-0.2, 0) is 10.2 Å². The Bertz CT molecular complexity index is 417.